The van der Waals surface area contributed by atoms with Gasteiger partial charge in [-0.1, -0.05) is 42.0 Å². The molecule has 30 heavy (non-hydrogen) atoms. The Labute approximate surface area is 179 Å². The van der Waals surface area contributed by atoms with Gasteiger partial charge in [0.15, 0.2) is 12.6 Å². The van der Waals surface area contributed by atoms with E-state index in [1.54, 1.807) is 0 Å². The Morgan fingerprint density at radius 1 is 1.03 bits per heavy atom. The maximum Gasteiger partial charge on any atom is 0.258 e. The fourth-order valence-electron chi connectivity index (χ4n) is 2.93. The summed E-state index contributed by atoms with van der Waals surface area (Å²) in [7, 11) is 0. The summed E-state index contributed by atoms with van der Waals surface area (Å²) in [5, 5.41) is 9.59. The van der Waals surface area contributed by atoms with Crippen LogP contribution in [0.15, 0.2) is 53.5 Å². The van der Waals surface area contributed by atoms with E-state index in [0.29, 0.717) is 18.3 Å². The first-order valence-corrected chi connectivity index (χ1v) is 10.7. The molecule has 160 valence electrons. The molecule has 0 bridgehead atoms. The standard InChI is InChI=1S/C24H32N4O2/c1-3-25-24(27-16-20-6-4-18(2)5-7-20)26-15-14-19-8-12-22(13-9-19)30-17-23(29)28-21-10-11-21/h4-9,12-13,21H,3,10-11,14-17H2,1-2H3,(H,28,29)(H2,25,26,27). The maximum atomic E-state index is 11.7. The molecular formula is C24H32N4O2. The topological polar surface area (TPSA) is 74.8 Å². The number of aliphatic imine (C=N–C) groups is 1. The summed E-state index contributed by atoms with van der Waals surface area (Å²) in [5.41, 5.74) is 3.65. The average Bonchev–Trinajstić information content (AvgIpc) is 3.56. The number of nitrogens with zero attached hydrogens (tertiary/aromatic N) is 1. The summed E-state index contributed by atoms with van der Waals surface area (Å²) in [5.74, 6) is 1.48. The van der Waals surface area contributed by atoms with Gasteiger partial charge in [-0.05, 0) is 56.4 Å². The van der Waals surface area contributed by atoms with E-state index in [4.69, 9.17) is 4.74 Å². The fourth-order valence-corrected chi connectivity index (χ4v) is 2.93. The first-order chi connectivity index (χ1) is 14.6. The molecular weight excluding hydrogens is 376 g/mol. The minimum Gasteiger partial charge on any atom is -0.484 e. The van der Waals surface area contributed by atoms with Crippen LogP contribution in [0, 0.1) is 6.92 Å². The van der Waals surface area contributed by atoms with Crippen LogP contribution in [0.3, 0.4) is 0 Å². The number of amides is 1. The predicted octanol–water partition coefficient (Wildman–Crippen LogP) is 2.95. The van der Waals surface area contributed by atoms with Crippen molar-refractivity contribution in [3.8, 4) is 5.75 Å². The zero-order valence-corrected chi connectivity index (χ0v) is 17.9. The zero-order valence-electron chi connectivity index (χ0n) is 17.9. The number of benzene rings is 2. The molecule has 3 N–H and O–H groups in total. The van der Waals surface area contributed by atoms with Gasteiger partial charge < -0.3 is 20.7 Å². The molecule has 3 rings (SSSR count). The summed E-state index contributed by atoms with van der Waals surface area (Å²) >= 11 is 0. The number of aryl methyl sites for hydroxylation is 1. The van der Waals surface area contributed by atoms with Crippen molar-refractivity contribution in [2.45, 2.75) is 45.7 Å². The van der Waals surface area contributed by atoms with E-state index in [9.17, 15) is 4.79 Å². The van der Waals surface area contributed by atoms with Crippen molar-refractivity contribution in [3.63, 3.8) is 0 Å². The first kappa shape index (κ1) is 21.7. The summed E-state index contributed by atoms with van der Waals surface area (Å²) in [6.45, 7) is 6.47. The van der Waals surface area contributed by atoms with Crippen LogP contribution < -0.4 is 20.7 Å². The lowest BCUT2D eigenvalue weighted by molar-refractivity contribution is -0.123. The third-order valence-corrected chi connectivity index (χ3v) is 4.83. The maximum absolute atomic E-state index is 11.7. The molecule has 1 aliphatic rings. The number of carbonyl (C=O) groups is 1. The predicted molar refractivity (Wildman–Crippen MR) is 121 cm³/mol. The number of carbonyl (C=O) groups excluding carboxylic acids is 1. The van der Waals surface area contributed by atoms with Crippen molar-refractivity contribution >= 4 is 11.9 Å². The number of ether oxygens (including phenoxy) is 1. The van der Waals surface area contributed by atoms with E-state index in [2.05, 4.69) is 59.1 Å². The number of nitrogens with one attached hydrogen (secondary N) is 3. The molecule has 0 unspecified atom stereocenters. The Morgan fingerprint density at radius 3 is 2.40 bits per heavy atom. The van der Waals surface area contributed by atoms with Gasteiger partial charge in [0.2, 0.25) is 0 Å². The van der Waals surface area contributed by atoms with Gasteiger partial charge in [0.1, 0.15) is 5.75 Å². The monoisotopic (exact) mass is 408 g/mol. The van der Waals surface area contributed by atoms with Crippen molar-refractivity contribution in [1.29, 1.82) is 0 Å². The van der Waals surface area contributed by atoms with Gasteiger partial charge in [-0.25, -0.2) is 4.99 Å². The van der Waals surface area contributed by atoms with Gasteiger partial charge >= 0.3 is 0 Å². The van der Waals surface area contributed by atoms with Crippen molar-refractivity contribution in [2.24, 2.45) is 4.99 Å². The molecule has 0 spiro atoms. The third-order valence-electron chi connectivity index (χ3n) is 4.83. The molecule has 0 saturated heterocycles. The van der Waals surface area contributed by atoms with Gasteiger partial charge in [-0.2, -0.15) is 0 Å². The molecule has 0 atom stereocenters. The molecule has 6 heteroatoms. The summed E-state index contributed by atoms with van der Waals surface area (Å²) in [6, 6.07) is 16.7. The highest BCUT2D eigenvalue weighted by molar-refractivity contribution is 5.79. The van der Waals surface area contributed by atoms with Gasteiger partial charge in [-0.3, -0.25) is 4.79 Å². The highest BCUT2D eigenvalue weighted by atomic mass is 16.5. The van der Waals surface area contributed by atoms with E-state index in [1.807, 2.05) is 24.3 Å². The SMILES string of the molecule is CCNC(=NCc1ccc(C)cc1)NCCc1ccc(OCC(=O)NC2CC2)cc1. The Balaban J connectivity index is 1.41. The van der Waals surface area contributed by atoms with Crippen LogP contribution in [0.5, 0.6) is 5.75 Å². The highest BCUT2D eigenvalue weighted by Crippen LogP contribution is 2.18. The fraction of sp³-hybridized carbons (Fsp3) is 0.417. The quantitative estimate of drug-likeness (QED) is 0.417. The van der Waals surface area contributed by atoms with E-state index < -0.39 is 0 Å². The zero-order chi connectivity index (χ0) is 21.2. The molecule has 1 fully saturated rings. The van der Waals surface area contributed by atoms with E-state index in [-0.39, 0.29) is 12.5 Å². The smallest absolute Gasteiger partial charge is 0.258 e. The molecule has 0 aliphatic heterocycles. The number of rotatable bonds is 10. The van der Waals surface area contributed by atoms with Crippen molar-refractivity contribution < 1.29 is 9.53 Å². The van der Waals surface area contributed by atoms with Crippen LogP contribution in [0.4, 0.5) is 0 Å². The minimum absolute atomic E-state index is 0.0494. The first-order valence-electron chi connectivity index (χ1n) is 10.7. The van der Waals surface area contributed by atoms with Crippen LogP contribution >= 0.6 is 0 Å². The summed E-state index contributed by atoms with van der Waals surface area (Å²) in [6.07, 6.45) is 3.04. The van der Waals surface area contributed by atoms with Crippen LogP contribution in [-0.4, -0.2) is 37.6 Å². The molecule has 0 heterocycles. The van der Waals surface area contributed by atoms with Gasteiger partial charge in [-0.15, -0.1) is 0 Å². The van der Waals surface area contributed by atoms with Crippen LogP contribution in [0.2, 0.25) is 0 Å². The lowest BCUT2D eigenvalue weighted by Gasteiger charge is -2.12. The largest absolute Gasteiger partial charge is 0.484 e. The molecule has 1 amide bonds. The lowest BCUT2D eigenvalue weighted by Crippen LogP contribution is -2.38. The minimum atomic E-state index is -0.0494. The Bertz CT molecular complexity index is 827. The van der Waals surface area contributed by atoms with Crippen molar-refractivity contribution in [2.75, 3.05) is 19.7 Å². The van der Waals surface area contributed by atoms with Gasteiger partial charge in [0.25, 0.3) is 5.91 Å². The van der Waals surface area contributed by atoms with Crippen molar-refractivity contribution in [1.82, 2.24) is 16.0 Å². The highest BCUT2D eigenvalue weighted by Gasteiger charge is 2.23. The van der Waals surface area contributed by atoms with Crippen LogP contribution in [-0.2, 0) is 17.8 Å². The molecule has 0 aromatic heterocycles. The molecule has 2 aromatic carbocycles. The van der Waals surface area contributed by atoms with Crippen LogP contribution in [0.1, 0.15) is 36.5 Å². The molecule has 6 nitrogen and oxygen atoms in total. The third kappa shape index (κ3) is 7.78. The molecule has 1 aliphatic carbocycles. The van der Waals surface area contributed by atoms with Crippen LogP contribution in [0.25, 0.3) is 0 Å². The average molecular weight is 409 g/mol. The molecule has 0 radical (unpaired) electrons. The second-order valence-electron chi connectivity index (χ2n) is 7.63. The Morgan fingerprint density at radius 2 is 1.73 bits per heavy atom. The Kier molecular flexibility index (Phi) is 8.12. The van der Waals surface area contributed by atoms with Gasteiger partial charge in [0, 0.05) is 19.1 Å². The van der Waals surface area contributed by atoms with Crippen molar-refractivity contribution in [3.05, 3.63) is 65.2 Å². The molecule has 2 aromatic rings. The van der Waals surface area contributed by atoms with Gasteiger partial charge in [0.05, 0.1) is 6.54 Å². The Hall–Kier alpha value is -3.02. The molecule has 1 saturated carbocycles. The van der Waals surface area contributed by atoms with E-state index in [1.165, 1.54) is 16.7 Å². The number of guanidine groups is 1. The lowest BCUT2D eigenvalue weighted by atomic mass is 10.1. The second-order valence-corrected chi connectivity index (χ2v) is 7.63. The second kappa shape index (κ2) is 11.2. The summed E-state index contributed by atoms with van der Waals surface area (Å²) < 4.78 is 5.55. The normalized spacial score (nSPS) is 13.6. The van der Waals surface area contributed by atoms with E-state index >= 15 is 0 Å². The number of hydrogen-bond donors (Lipinski definition) is 3. The van der Waals surface area contributed by atoms with E-state index in [0.717, 1.165) is 38.3 Å². The number of hydrogen-bond acceptors (Lipinski definition) is 3. The summed E-state index contributed by atoms with van der Waals surface area (Å²) in [4.78, 5) is 16.4.